The molecule has 0 atom stereocenters. The number of benzene rings is 10. The van der Waals surface area contributed by atoms with Crippen molar-refractivity contribution in [1.29, 1.82) is 0 Å². The van der Waals surface area contributed by atoms with E-state index in [2.05, 4.69) is 203 Å². The van der Waals surface area contributed by atoms with E-state index in [1.54, 1.807) is 0 Å². The van der Waals surface area contributed by atoms with Gasteiger partial charge in [-0.2, -0.15) is 0 Å². The zero-order chi connectivity index (χ0) is 39.1. The lowest BCUT2D eigenvalue weighted by atomic mass is 10.00. The van der Waals surface area contributed by atoms with Gasteiger partial charge < -0.3 is 9.13 Å². The molecule has 60 heavy (non-hydrogen) atoms. The Hall–Kier alpha value is -7.24. The van der Waals surface area contributed by atoms with Crippen LogP contribution in [0.15, 0.2) is 194 Å². The number of fused-ring (bicyclic) bond motifs is 14. The van der Waals surface area contributed by atoms with E-state index in [0.717, 1.165) is 0 Å². The second-order valence-electron chi connectivity index (χ2n) is 16.1. The Balaban J connectivity index is 1.05. The third kappa shape index (κ3) is 4.52. The molecule has 0 aliphatic heterocycles. The van der Waals surface area contributed by atoms with Gasteiger partial charge in [0.2, 0.25) is 0 Å². The summed E-state index contributed by atoms with van der Waals surface area (Å²) in [5.74, 6) is 0. The van der Waals surface area contributed by atoms with Gasteiger partial charge in [0.25, 0.3) is 0 Å². The average Bonchev–Trinajstić information content (AvgIpc) is 4.03. The zero-order valence-electron chi connectivity index (χ0n) is 32.2. The molecule has 0 unspecified atom stereocenters. The van der Waals surface area contributed by atoms with Crippen LogP contribution < -0.4 is 0 Å². The van der Waals surface area contributed by atoms with Crippen LogP contribution in [0, 0.1) is 0 Å². The molecule has 4 heteroatoms. The first-order valence-corrected chi connectivity index (χ1v) is 22.1. The SMILES string of the molecule is c1ccc2c(-n3c4ccc(-c5ccc6c(c5)c5cc7c(cc5n6-c5cccc6ccccc56)sc5ccccc57)cc4c4cc5c(cc43)sc3ccccc35)cccc2c1. The zero-order valence-corrected chi connectivity index (χ0v) is 33.8. The van der Waals surface area contributed by atoms with E-state index in [9.17, 15) is 0 Å². The van der Waals surface area contributed by atoms with Crippen molar-refractivity contribution >= 4 is 128 Å². The Labute approximate surface area is 352 Å². The fourth-order valence-corrected chi connectivity index (χ4v) is 12.4. The number of hydrogen-bond acceptors (Lipinski definition) is 2. The summed E-state index contributed by atoms with van der Waals surface area (Å²) in [4.78, 5) is 0. The molecule has 4 aromatic heterocycles. The number of rotatable bonds is 3. The summed E-state index contributed by atoms with van der Waals surface area (Å²) in [7, 11) is 0. The van der Waals surface area contributed by atoms with Crippen LogP contribution in [0.25, 0.3) is 128 Å². The van der Waals surface area contributed by atoms with Gasteiger partial charge in [0, 0.05) is 72.7 Å². The molecule has 278 valence electrons. The van der Waals surface area contributed by atoms with E-state index in [-0.39, 0.29) is 0 Å². The van der Waals surface area contributed by atoms with Gasteiger partial charge in [0.1, 0.15) is 0 Å². The normalized spacial score (nSPS) is 12.3. The minimum absolute atomic E-state index is 1.20. The molecule has 2 nitrogen and oxygen atoms in total. The molecule has 14 aromatic rings. The molecular weight excluding hydrogens is 765 g/mol. The maximum atomic E-state index is 2.50. The first-order valence-electron chi connectivity index (χ1n) is 20.5. The molecule has 0 spiro atoms. The highest BCUT2D eigenvalue weighted by molar-refractivity contribution is 7.26. The van der Waals surface area contributed by atoms with Crippen molar-refractivity contribution in [2.24, 2.45) is 0 Å². The molecule has 14 rings (SSSR count). The highest BCUT2D eigenvalue weighted by Crippen LogP contribution is 2.45. The van der Waals surface area contributed by atoms with Crippen LogP contribution >= 0.6 is 22.7 Å². The monoisotopic (exact) mass is 796 g/mol. The van der Waals surface area contributed by atoms with Crippen LogP contribution in [0.3, 0.4) is 0 Å². The molecule has 0 saturated heterocycles. The summed E-state index contributed by atoms with van der Waals surface area (Å²) < 4.78 is 10.3. The third-order valence-electron chi connectivity index (χ3n) is 12.9. The van der Waals surface area contributed by atoms with E-state index < -0.39 is 0 Å². The van der Waals surface area contributed by atoms with Crippen molar-refractivity contribution in [1.82, 2.24) is 9.13 Å². The first kappa shape index (κ1) is 32.7. The maximum Gasteiger partial charge on any atom is 0.0555 e. The van der Waals surface area contributed by atoms with Gasteiger partial charge in [-0.25, -0.2) is 0 Å². The second-order valence-corrected chi connectivity index (χ2v) is 18.2. The minimum Gasteiger partial charge on any atom is -0.309 e. The molecule has 0 saturated carbocycles. The molecule has 10 aromatic carbocycles. The highest BCUT2D eigenvalue weighted by atomic mass is 32.1. The number of thiophene rings is 2. The lowest BCUT2D eigenvalue weighted by molar-refractivity contribution is 1.20. The van der Waals surface area contributed by atoms with Gasteiger partial charge >= 0.3 is 0 Å². The highest BCUT2D eigenvalue weighted by Gasteiger charge is 2.20. The molecule has 0 radical (unpaired) electrons. The maximum absolute atomic E-state index is 2.50. The van der Waals surface area contributed by atoms with E-state index in [0.29, 0.717) is 0 Å². The van der Waals surface area contributed by atoms with Crippen molar-refractivity contribution in [2.75, 3.05) is 0 Å². The fourth-order valence-electron chi connectivity index (χ4n) is 10.2. The van der Waals surface area contributed by atoms with E-state index >= 15 is 0 Å². The number of nitrogens with zero attached hydrogens (tertiary/aromatic N) is 2. The van der Waals surface area contributed by atoms with E-state index in [4.69, 9.17) is 0 Å². The van der Waals surface area contributed by atoms with Gasteiger partial charge in [0.05, 0.1) is 33.4 Å². The van der Waals surface area contributed by atoms with Gasteiger partial charge in [-0.3, -0.25) is 0 Å². The topological polar surface area (TPSA) is 9.86 Å². The molecule has 0 bridgehead atoms. The Morgan fingerprint density at radius 1 is 0.250 bits per heavy atom. The Morgan fingerprint density at radius 2 is 0.650 bits per heavy atom. The number of hydrogen-bond donors (Lipinski definition) is 0. The fraction of sp³-hybridized carbons (Fsp3) is 0. The van der Waals surface area contributed by atoms with Gasteiger partial charge in [-0.15, -0.1) is 22.7 Å². The predicted octanol–water partition coefficient (Wildman–Crippen LogP) is 16.6. The molecule has 0 aliphatic rings. The van der Waals surface area contributed by atoms with Crippen molar-refractivity contribution in [3.63, 3.8) is 0 Å². The van der Waals surface area contributed by atoms with E-state index in [1.165, 1.54) is 128 Å². The quantitative estimate of drug-likeness (QED) is 0.169. The minimum atomic E-state index is 1.20. The second kappa shape index (κ2) is 12.2. The van der Waals surface area contributed by atoms with Gasteiger partial charge in [0.15, 0.2) is 0 Å². The van der Waals surface area contributed by atoms with Crippen LogP contribution in [0.1, 0.15) is 0 Å². The molecule has 0 fully saturated rings. The summed E-state index contributed by atoms with van der Waals surface area (Å²) in [5.41, 5.74) is 9.73. The van der Waals surface area contributed by atoms with Crippen molar-refractivity contribution < 1.29 is 0 Å². The van der Waals surface area contributed by atoms with Gasteiger partial charge in [-0.1, -0.05) is 121 Å². The van der Waals surface area contributed by atoms with Gasteiger partial charge in [-0.05, 0) is 94.7 Å². The number of aromatic nitrogens is 2. The Kier molecular flexibility index (Phi) is 6.62. The Morgan fingerprint density at radius 3 is 1.13 bits per heavy atom. The van der Waals surface area contributed by atoms with Crippen LogP contribution in [-0.2, 0) is 0 Å². The smallest absolute Gasteiger partial charge is 0.0555 e. The average molecular weight is 797 g/mol. The molecule has 0 N–H and O–H groups in total. The van der Waals surface area contributed by atoms with Crippen LogP contribution in [0.4, 0.5) is 0 Å². The summed E-state index contributed by atoms with van der Waals surface area (Å²) in [6.07, 6.45) is 0. The molecule has 0 aliphatic carbocycles. The standard InChI is InChI=1S/C56H32N2S2/c1-3-15-37-33(11-1)13-9-19-47(37)57-49-25-23-35(27-41(49)43-29-45-39-17-5-7-21-53(39)59-55(45)31-51(43)57)36-24-26-50-42(28-36)44-30-46-40-18-6-8-22-54(40)60-56(46)32-52(44)58(50)48-20-10-14-34-12-2-4-16-38(34)48/h1-32H. The third-order valence-corrected chi connectivity index (χ3v) is 15.1. The molecular formula is C56H32N2S2. The summed E-state index contributed by atoms with van der Waals surface area (Å²) >= 11 is 3.77. The van der Waals surface area contributed by atoms with Crippen molar-refractivity contribution in [3.8, 4) is 22.5 Å². The summed E-state index contributed by atoms with van der Waals surface area (Å²) in [6.45, 7) is 0. The van der Waals surface area contributed by atoms with Crippen LogP contribution in [0.5, 0.6) is 0 Å². The summed E-state index contributed by atoms with van der Waals surface area (Å²) in [6, 6.07) is 72.6. The van der Waals surface area contributed by atoms with Crippen molar-refractivity contribution in [3.05, 3.63) is 194 Å². The van der Waals surface area contributed by atoms with Crippen LogP contribution in [-0.4, -0.2) is 9.13 Å². The lowest BCUT2D eigenvalue weighted by Crippen LogP contribution is -1.95. The van der Waals surface area contributed by atoms with E-state index in [1.807, 2.05) is 22.7 Å². The lowest BCUT2D eigenvalue weighted by Gasteiger charge is -2.12. The predicted molar refractivity (Wildman–Crippen MR) is 261 cm³/mol. The molecule has 4 heterocycles. The van der Waals surface area contributed by atoms with Crippen molar-refractivity contribution in [2.45, 2.75) is 0 Å². The summed E-state index contributed by atoms with van der Waals surface area (Å²) in [5, 5.41) is 15.3. The van der Waals surface area contributed by atoms with Crippen LogP contribution in [0.2, 0.25) is 0 Å². The first-order chi connectivity index (χ1) is 29.7. The largest absolute Gasteiger partial charge is 0.309 e. The molecule has 0 amide bonds. The Bertz CT molecular complexity index is 3860.